The number of rotatable bonds is 12. The first kappa shape index (κ1) is 22.7. The molecule has 0 saturated carbocycles. The summed E-state index contributed by atoms with van der Waals surface area (Å²) in [6, 6.07) is 26.8. The first-order valence-electron chi connectivity index (χ1n) is 11.3. The second kappa shape index (κ2) is 11.4. The quantitative estimate of drug-likeness (QED) is 0.220. The SMILES string of the molecule is C=CC(C)(CCCc1cccc(Oc2ccccc2)c1)c1ccc(OCCCC)cc1. The molecular weight excluding hydrogens is 380 g/mol. The Labute approximate surface area is 187 Å². The fourth-order valence-corrected chi connectivity index (χ4v) is 3.68. The van der Waals surface area contributed by atoms with Crippen LogP contribution < -0.4 is 9.47 Å². The fourth-order valence-electron chi connectivity index (χ4n) is 3.68. The predicted molar refractivity (Wildman–Crippen MR) is 130 cm³/mol. The minimum Gasteiger partial charge on any atom is -0.494 e. The molecule has 3 aromatic carbocycles. The number of allylic oxidation sites excluding steroid dienone is 1. The van der Waals surface area contributed by atoms with Crippen molar-refractivity contribution in [3.63, 3.8) is 0 Å². The Morgan fingerprint density at radius 3 is 2.29 bits per heavy atom. The zero-order valence-electron chi connectivity index (χ0n) is 18.8. The van der Waals surface area contributed by atoms with Gasteiger partial charge in [0.25, 0.3) is 0 Å². The largest absolute Gasteiger partial charge is 0.494 e. The number of para-hydroxylation sites is 1. The highest BCUT2D eigenvalue weighted by molar-refractivity contribution is 5.36. The molecule has 3 rings (SSSR count). The minimum absolute atomic E-state index is 0.0555. The van der Waals surface area contributed by atoms with E-state index in [0.29, 0.717) is 0 Å². The molecule has 0 heterocycles. The van der Waals surface area contributed by atoms with E-state index in [2.05, 4.69) is 69.0 Å². The fraction of sp³-hybridized carbons (Fsp3) is 0.310. The van der Waals surface area contributed by atoms with Gasteiger partial charge >= 0.3 is 0 Å². The van der Waals surface area contributed by atoms with Gasteiger partial charge < -0.3 is 9.47 Å². The normalized spacial score (nSPS) is 12.7. The molecule has 162 valence electrons. The van der Waals surface area contributed by atoms with E-state index in [-0.39, 0.29) is 5.41 Å². The summed E-state index contributed by atoms with van der Waals surface area (Å²) >= 11 is 0. The van der Waals surface area contributed by atoms with Crippen LogP contribution in [0.1, 0.15) is 50.7 Å². The average molecular weight is 415 g/mol. The van der Waals surface area contributed by atoms with E-state index >= 15 is 0 Å². The predicted octanol–water partition coefficient (Wildman–Crippen LogP) is 8.12. The Morgan fingerprint density at radius 1 is 0.839 bits per heavy atom. The zero-order valence-corrected chi connectivity index (χ0v) is 18.8. The summed E-state index contributed by atoms with van der Waals surface area (Å²) in [5.41, 5.74) is 2.52. The summed E-state index contributed by atoms with van der Waals surface area (Å²) in [4.78, 5) is 0. The third kappa shape index (κ3) is 6.75. The molecule has 2 heteroatoms. The molecule has 0 aromatic heterocycles. The Morgan fingerprint density at radius 2 is 1.58 bits per heavy atom. The molecule has 31 heavy (non-hydrogen) atoms. The van der Waals surface area contributed by atoms with Gasteiger partial charge in [-0.05, 0) is 73.2 Å². The van der Waals surface area contributed by atoms with Crippen LogP contribution in [0.5, 0.6) is 17.2 Å². The second-order valence-corrected chi connectivity index (χ2v) is 8.26. The Balaban J connectivity index is 1.56. The smallest absolute Gasteiger partial charge is 0.127 e. The molecule has 0 radical (unpaired) electrons. The van der Waals surface area contributed by atoms with Crippen molar-refractivity contribution < 1.29 is 9.47 Å². The van der Waals surface area contributed by atoms with Gasteiger partial charge in [0.2, 0.25) is 0 Å². The van der Waals surface area contributed by atoms with Gasteiger partial charge in [-0.2, -0.15) is 0 Å². The number of hydrogen-bond donors (Lipinski definition) is 0. The number of unbranched alkanes of at least 4 members (excludes halogenated alkanes) is 1. The van der Waals surface area contributed by atoms with Crippen molar-refractivity contribution >= 4 is 0 Å². The number of benzene rings is 3. The Hall–Kier alpha value is -3.00. The van der Waals surface area contributed by atoms with Gasteiger partial charge in [-0.3, -0.25) is 0 Å². The molecule has 0 aliphatic carbocycles. The Bertz CT molecular complexity index is 930. The number of hydrogen-bond acceptors (Lipinski definition) is 2. The maximum Gasteiger partial charge on any atom is 0.127 e. The van der Waals surface area contributed by atoms with Crippen molar-refractivity contribution in [3.8, 4) is 17.2 Å². The van der Waals surface area contributed by atoms with Crippen LogP contribution in [0.15, 0.2) is 91.5 Å². The lowest BCUT2D eigenvalue weighted by Crippen LogP contribution is -2.18. The molecule has 0 saturated heterocycles. The molecule has 0 bridgehead atoms. The van der Waals surface area contributed by atoms with Crippen molar-refractivity contribution in [2.24, 2.45) is 0 Å². The summed E-state index contributed by atoms with van der Waals surface area (Å²) in [6.07, 6.45) is 7.43. The van der Waals surface area contributed by atoms with Crippen LogP contribution in [-0.4, -0.2) is 6.61 Å². The van der Waals surface area contributed by atoms with Crippen LogP contribution in [0, 0.1) is 0 Å². The maximum atomic E-state index is 5.97. The van der Waals surface area contributed by atoms with Gasteiger partial charge in [0, 0.05) is 5.41 Å². The van der Waals surface area contributed by atoms with E-state index < -0.39 is 0 Å². The number of aryl methyl sites for hydroxylation is 1. The van der Waals surface area contributed by atoms with Crippen LogP contribution in [0.4, 0.5) is 0 Å². The third-order valence-electron chi connectivity index (χ3n) is 5.77. The van der Waals surface area contributed by atoms with E-state index in [9.17, 15) is 0 Å². The van der Waals surface area contributed by atoms with Crippen molar-refractivity contribution in [1.82, 2.24) is 0 Å². The summed E-state index contributed by atoms with van der Waals surface area (Å²) in [7, 11) is 0. The van der Waals surface area contributed by atoms with Crippen LogP contribution in [0.2, 0.25) is 0 Å². The van der Waals surface area contributed by atoms with Crippen LogP contribution in [0.25, 0.3) is 0 Å². The molecule has 0 amide bonds. The van der Waals surface area contributed by atoms with E-state index in [0.717, 1.165) is 56.0 Å². The monoisotopic (exact) mass is 414 g/mol. The molecule has 0 N–H and O–H groups in total. The van der Waals surface area contributed by atoms with Gasteiger partial charge in [0.15, 0.2) is 0 Å². The molecule has 2 nitrogen and oxygen atoms in total. The van der Waals surface area contributed by atoms with Crippen molar-refractivity contribution in [2.75, 3.05) is 6.61 Å². The molecule has 0 aliphatic heterocycles. The third-order valence-corrected chi connectivity index (χ3v) is 5.77. The first-order valence-corrected chi connectivity index (χ1v) is 11.3. The van der Waals surface area contributed by atoms with Gasteiger partial charge in [-0.15, -0.1) is 6.58 Å². The first-order chi connectivity index (χ1) is 15.1. The van der Waals surface area contributed by atoms with E-state index in [1.807, 2.05) is 36.4 Å². The lowest BCUT2D eigenvalue weighted by atomic mass is 9.78. The summed E-state index contributed by atoms with van der Waals surface area (Å²) in [5, 5.41) is 0. The van der Waals surface area contributed by atoms with Gasteiger partial charge in [-0.25, -0.2) is 0 Å². The maximum absolute atomic E-state index is 5.97. The minimum atomic E-state index is -0.0555. The highest BCUT2D eigenvalue weighted by atomic mass is 16.5. The van der Waals surface area contributed by atoms with Gasteiger partial charge in [-0.1, -0.05) is 68.8 Å². The highest BCUT2D eigenvalue weighted by Crippen LogP contribution is 2.32. The Kier molecular flexibility index (Phi) is 8.35. The summed E-state index contributed by atoms with van der Waals surface area (Å²) in [5.74, 6) is 2.69. The summed E-state index contributed by atoms with van der Waals surface area (Å²) < 4.78 is 11.8. The average Bonchev–Trinajstić information content (AvgIpc) is 2.80. The van der Waals surface area contributed by atoms with E-state index in [1.54, 1.807) is 0 Å². The lowest BCUT2D eigenvalue weighted by molar-refractivity contribution is 0.309. The van der Waals surface area contributed by atoms with Crippen LogP contribution in [-0.2, 0) is 11.8 Å². The van der Waals surface area contributed by atoms with E-state index in [1.165, 1.54) is 11.1 Å². The van der Waals surface area contributed by atoms with Crippen molar-refractivity contribution in [3.05, 3.63) is 103 Å². The molecule has 0 spiro atoms. The molecule has 1 unspecified atom stereocenters. The molecule has 1 atom stereocenters. The van der Waals surface area contributed by atoms with Crippen molar-refractivity contribution in [2.45, 2.75) is 51.4 Å². The van der Waals surface area contributed by atoms with Gasteiger partial charge in [0.05, 0.1) is 6.61 Å². The molecule has 0 aliphatic rings. The van der Waals surface area contributed by atoms with Crippen molar-refractivity contribution in [1.29, 1.82) is 0 Å². The highest BCUT2D eigenvalue weighted by Gasteiger charge is 2.22. The zero-order chi connectivity index (χ0) is 21.9. The number of ether oxygens (including phenoxy) is 2. The topological polar surface area (TPSA) is 18.5 Å². The standard InChI is InChI=1S/C29H34O2/c1-4-6-22-30-26-19-17-25(18-20-26)29(3,5-2)21-11-13-24-12-10-16-28(23-24)31-27-14-8-7-9-15-27/h5,7-10,12,14-20,23H,2,4,6,11,13,21-22H2,1,3H3. The molecule has 0 fully saturated rings. The summed E-state index contributed by atoms with van der Waals surface area (Å²) in [6.45, 7) is 9.35. The molecule has 3 aromatic rings. The van der Waals surface area contributed by atoms with E-state index in [4.69, 9.17) is 9.47 Å². The lowest BCUT2D eigenvalue weighted by Gasteiger charge is -2.27. The van der Waals surface area contributed by atoms with Crippen LogP contribution in [0.3, 0.4) is 0 Å². The second-order valence-electron chi connectivity index (χ2n) is 8.26. The molecular formula is C29H34O2. The van der Waals surface area contributed by atoms with Gasteiger partial charge in [0.1, 0.15) is 17.2 Å². The van der Waals surface area contributed by atoms with Crippen LogP contribution >= 0.6 is 0 Å².